The molecule has 0 aromatic rings. The zero-order chi connectivity index (χ0) is 8.43. The van der Waals surface area contributed by atoms with Crippen LogP contribution in [0, 0.1) is 0 Å². The number of nitrogens with two attached hydrogens (primary N) is 1. The molecule has 0 saturated carbocycles. The molecule has 2 N–H and O–H groups in total. The zero-order valence-corrected chi connectivity index (χ0v) is 6.28. The van der Waals surface area contributed by atoms with E-state index in [0.29, 0.717) is 6.42 Å². The first-order valence-electron chi connectivity index (χ1n) is 3.38. The van der Waals surface area contributed by atoms with Crippen LogP contribution >= 0.6 is 0 Å². The summed E-state index contributed by atoms with van der Waals surface area (Å²) >= 11 is 0. The molecule has 0 aromatic carbocycles. The molecule has 2 amide bonds. The maximum atomic E-state index is 10.8. The van der Waals surface area contributed by atoms with Gasteiger partial charge < -0.3 is 10.6 Å². The molecule has 0 aliphatic carbocycles. The highest BCUT2D eigenvalue weighted by Crippen LogP contribution is 2.13. The van der Waals surface area contributed by atoms with Crippen molar-refractivity contribution in [3.8, 4) is 0 Å². The van der Waals surface area contributed by atoms with Gasteiger partial charge in [0.1, 0.15) is 6.04 Å². The van der Waals surface area contributed by atoms with Gasteiger partial charge in [-0.15, -0.1) is 0 Å². The second-order valence-electron chi connectivity index (χ2n) is 2.46. The quantitative estimate of drug-likeness (QED) is 0.558. The van der Waals surface area contributed by atoms with Gasteiger partial charge in [0.15, 0.2) is 0 Å². The van der Waals surface area contributed by atoms with Crippen molar-refractivity contribution >= 4 is 11.8 Å². The van der Waals surface area contributed by atoms with Crippen LogP contribution in [-0.4, -0.2) is 22.8 Å². The van der Waals surface area contributed by atoms with Crippen LogP contribution in [0.2, 0.25) is 0 Å². The van der Waals surface area contributed by atoms with E-state index in [0.717, 1.165) is 0 Å². The molecule has 0 radical (unpaired) electrons. The lowest BCUT2D eigenvalue weighted by Gasteiger charge is -2.18. The molecule has 1 rings (SSSR count). The molecule has 1 aliphatic heterocycles. The van der Waals surface area contributed by atoms with Gasteiger partial charge in [0.05, 0.1) is 0 Å². The van der Waals surface area contributed by atoms with E-state index in [4.69, 9.17) is 5.73 Å². The summed E-state index contributed by atoms with van der Waals surface area (Å²) in [6.45, 7) is 1.41. The maximum absolute atomic E-state index is 10.8. The van der Waals surface area contributed by atoms with Crippen LogP contribution in [0.3, 0.4) is 0 Å². The molecule has 1 unspecified atom stereocenters. The van der Waals surface area contributed by atoms with E-state index in [1.807, 2.05) is 0 Å². The van der Waals surface area contributed by atoms with Gasteiger partial charge >= 0.3 is 0 Å². The van der Waals surface area contributed by atoms with Crippen molar-refractivity contribution in [2.75, 3.05) is 0 Å². The van der Waals surface area contributed by atoms with Crippen molar-refractivity contribution in [1.29, 1.82) is 0 Å². The Morgan fingerprint density at radius 1 is 1.64 bits per heavy atom. The molecule has 0 bridgehead atoms. The number of hydrogen-bond donors (Lipinski definition) is 1. The van der Waals surface area contributed by atoms with Crippen LogP contribution in [0.1, 0.15) is 13.3 Å². The molecule has 1 atom stereocenters. The van der Waals surface area contributed by atoms with E-state index in [1.165, 1.54) is 11.8 Å². The highest BCUT2D eigenvalue weighted by atomic mass is 16.2. The summed E-state index contributed by atoms with van der Waals surface area (Å²) in [5, 5.41) is 0. The Labute approximate surface area is 64.7 Å². The lowest BCUT2D eigenvalue weighted by Crippen LogP contribution is -2.41. The maximum Gasteiger partial charge on any atom is 0.240 e. The fraction of sp³-hybridized carbons (Fsp3) is 0.429. The smallest absolute Gasteiger partial charge is 0.240 e. The third-order valence-electron chi connectivity index (χ3n) is 1.65. The van der Waals surface area contributed by atoms with E-state index >= 15 is 0 Å². The normalized spacial score (nSPS) is 22.3. The van der Waals surface area contributed by atoms with Crippen LogP contribution < -0.4 is 5.73 Å². The average molecular weight is 154 g/mol. The summed E-state index contributed by atoms with van der Waals surface area (Å²) in [7, 11) is 0. The van der Waals surface area contributed by atoms with Gasteiger partial charge in [-0.2, -0.15) is 0 Å². The first-order chi connectivity index (χ1) is 5.13. The SMILES string of the molecule is CC(=O)N1C=CCC1C(N)=O. The molecule has 1 aliphatic rings. The summed E-state index contributed by atoms with van der Waals surface area (Å²) in [6.07, 6.45) is 3.89. The van der Waals surface area contributed by atoms with E-state index < -0.39 is 11.9 Å². The minimum atomic E-state index is -0.465. The number of hydrogen-bond acceptors (Lipinski definition) is 2. The molecular formula is C7H10N2O2. The molecule has 0 spiro atoms. The molecule has 0 fully saturated rings. The number of carbonyl (C=O) groups excluding carboxylic acids is 2. The molecule has 60 valence electrons. The number of carbonyl (C=O) groups is 2. The van der Waals surface area contributed by atoms with Crippen LogP contribution in [0.15, 0.2) is 12.3 Å². The molecule has 0 aromatic heterocycles. The molecule has 1 heterocycles. The Balaban J connectivity index is 2.71. The zero-order valence-electron chi connectivity index (χ0n) is 6.28. The van der Waals surface area contributed by atoms with Gasteiger partial charge in [-0.05, 0) is 6.42 Å². The van der Waals surface area contributed by atoms with Gasteiger partial charge in [0.2, 0.25) is 11.8 Å². The second-order valence-corrected chi connectivity index (χ2v) is 2.46. The Hall–Kier alpha value is -1.32. The van der Waals surface area contributed by atoms with Gasteiger partial charge in [-0.3, -0.25) is 9.59 Å². The molecular weight excluding hydrogens is 144 g/mol. The van der Waals surface area contributed by atoms with Crippen molar-refractivity contribution in [2.45, 2.75) is 19.4 Å². The van der Waals surface area contributed by atoms with Crippen LogP contribution in [0.5, 0.6) is 0 Å². The van der Waals surface area contributed by atoms with Crippen molar-refractivity contribution in [3.05, 3.63) is 12.3 Å². The third kappa shape index (κ3) is 1.39. The lowest BCUT2D eigenvalue weighted by molar-refractivity contribution is -0.133. The summed E-state index contributed by atoms with van der Waals surface area (Å²) in [5.41, 5.74) is 5.05. The van der Waals surface area contributed by atoms with Gasteiger partial charge in [0.25, 0.3) is 0 Å². The number of primary amides is 1. The lowest BCUT2D eigenvalue weighted by atomic mass is 10.2. The van der Waals surface area contributed by atoms with E-state index in [1.54, 1.807) is 12.3 Å². The van der Waals surface area contributed by atoms with E-state index in [-0.39, 0.29) is 5.91 Å². The predicted octanol–water partition coefficient (Wildman–Crippen LogP) is -0.394. The molecule has 0 saturated heterocycles. The number of nitrogens with zero attached hydrogens (tertiary/aromatic N) is 1. The van der Waals surface area contributed by atoms with Crippen molar-refractivity contribution in [3.63, 3.8) is 0 Å². The monoisotopic (exact) mass is 154 g/mol. The molecule has 4 nitrogen and oxygen atoms in total. The minimum absolute atomic E-state index is 0.150. The third-order valence-corrected chi connectivity index (χ3v) is 1.65. The van der Waals surface area contributed by atoms with Crippen LogP contribution in [0.4, 0.5) is 0 Å². The largest absolute Gasteiger partial charge is 0.368 e. The fourth-order valence-corrected chi connectivity index (χ4v) is 1.10. The van der Waals surface area contributed by atoms with E-state index in [9.17, 15) is 9.59 Å². The van der Waals surface area contributed by atoms with Crippen LogP contribution in [-0.2, 0) is 9.59 Å². The summed E-state index contributed by atoms with van der Waals surface area (Å²) < 4.78 is 0. The van der Waals surface area contributed by atoms with Gasteiger partial charge in [-0.25, -0.2) is 0 Å². The van der Waals surface area contributed by atoms with E-state index in [2.05, 4.69) is 0 Å². The first kappa shape index (κ1) is 7.78. The fourth-order valence-electron chi connectivity index (χ4n) is 1.10. The topological polar surface area (TPSA) is 63.4 Å². The van der Waals surface area contributed by atoms with Crippen molar-refractivity contribution < 1.29 is 9.59 Å². The standard InChI is InChI=1S/C7H10N2O2/c1-5(10)9-4-2-3-6(9)7(8)11/h2,4,6H,3H2,1H3,(H2,8,11). The minimum Gasteiger partial charge on any atom is -0.368 e. The Morgan fingerprint density at radius 3 is 2.64 bits per heavy atom. The number of amides is 2. The van der Waals surface area contributed by atoms with Gasteiger partial charge in [-0.1, -0.05) is 6.08 Å². The second kappa shape index (κ2) is 2.74. The van der Waals surface area contributed by atoms with Gasteiger partial charge in [0, 0.05) is 13.1 Å². The Kier molecular flexibility index (Phi) is 1.94. The summed E-state index contributed by atoms with van der Waals surface area (Å²) in [6, 6.07) is -0.465. The summed E-state index contributed by atoms with van der Waals surface area (Å²) in [4.78, 5) is 22.9. The van der Waals surface area contributed by atoms with Crippen molar-refractivity contribution in [2.24, 2.45) is 5.73 Å². The average Bonchev–Trinajstić information content (AvgIpc) is 2.32. The first-order valence-corrected chi connectivity index (χ1v) is 3.38. The molecule has 4 heteroatoms. The Morgan fingerprint density at radius 2 is 2.27 bits per heavy atom. The highest BCUT2D eigenvalue weighted by molar-refractivity contribution is 5.87. The highest BCUT2D eigenvalue weighted by Gasteiger charge is 2.26. The number of rotatable bonds is 1. The van der Waals surface area contributed by atoms with Crippen molar-refractivity contribution in [1.82, 2.24) is 4.90 Å². The molecule has 11 heavy (non-hydrogen) atoms. The van der Waals surface area contributed by atoms with Crippen LogP contribution in [0.25, 0.3) is 0 Å². The summed E-state index contributed by atoms with van der Waals surface area (Å²) in [5.74, 6) is -0.604. The predicted molar refractivity (Wildman–Crippen MR) is 39.3 cm³/mol. The Bertz CT molecular complexity index is 222.